The first-order valence-electron chi connectivity index (χ1n) is 7.02. The van der Waals surface area contributed by atoms with Gasteiger partial charge in [-0.05, 0) is 30.2 Å². The Morgan fingerprint density at radius 3 is 2.48 bits per heavy atom. The molecule has 0 saturated carbocycles. The highest BCUT2D eigenvalue weighted by molar-refractivity contribution is 5.98. The van der Waals surface area contributed by atoms with Gasteiger partial charge in [-0.1, -0.05) is 30.3 Å². The minimum atomic E-state index is 0.0208. The van der Waals surface area contributed by atoms with Crippen LogP contribution in [0.2, 0.25) is 0 Å². The van der Waals surface area contributed by atoms with Gasteiger partial charge in [0.25, 0.3) is 0 Å². The number of ether oxygens (including phenoxy) is 1. The largest absolute Gasteiger partial charge is 0.495 e. The van der Waals surface area contributed by atoms with Crippen molar-refractivity contribution in [3.05, 3.63) is 65.0 Å². The van der Waals surface area contributed by atoms with Gasteiger partial charge in [0.05, 0.1) is 18.0 Å². The van der Waals surface area contributed by atoms with E-state index in [1.807, 2.05) is 53.2 Å². The second-order valence-electron chi connectivity index (χ2n) is 4.87. The molecule has 0 radical (unpaired) electrons. The van der Waals surface area contributed by atoms with Crippen molar-refractivity contribution in [1.29, 1.82) is 0 Å². The number of pyridine rings is 1. The van der Waals surface area contributed by atoms with Crippen LogP contribution in [0, 0.1) is 0 Å². The lowest BCUT2D eigenvalue weighted by molar-refractivity contribution is 0.417. The van der Waals surface area contributed by atoms with Gasteiger partial charge in [0.2, 0.25) is 0 Å². The molecule has 0 unspecified atom stereocenters. The molecule has 0 bridgehead atoms. The van der Waals surface area contributed by atoms with E-state index in [2.05, 4.69) is 6.92 Å². The fourth-order valence-corrected chi connectivity index (χ4v) is 2.71. The van der Waals surface area contributed by atoms with Crippen LogP contribution in [0.3, 0.4) is 0 Å². The number of hydrogen-bond donors (Lipinski definition) is 0. The van der Waals surface area contributed by atoms with E-state index in [1.54, 1.807) is 13.2 Å². The first kappa shape index (κ1) is 13.4. The standard InChI is InChI=1S/C18H17NO2/c1-3-19-12-11-15(20)17-14(13-7-5-4-6-8-13)9-10-16(21-2)18(17)19/h4-12H,3H2,1-2H3. The molecule has 0 aliphatic carbocycles. The molecule has 3 heteroatoms. The van der Waals surface area contributed by atoms with Crippen molar-refractivity contribution in [2.45, 2.75) is 13.5 Å². The number of nitrogens with zero attached hydrogens (tertiary/aromatic N) is 1. The Kier molecular flexibility index (Phi) is 3.48. The Morgan fingerprint density at radius 1 is 1.05 bits per heavy atom. The monoisotopic (exact) mass is 279 g/mol. The highest BCUT2D eigenvalue weighted by Gasteiger charge is 2.13. The number of aryl methyl sites for hydroxylation is 1. The fourth-order valence-electron chi connectivity index (χ4n) is 2.71. The molecule has 0 aliphatic rings. The fraction of sp³-hybridized carbons (Fsp3) is 0.167. The molecule has 1 heterocycles. The van der Waals surface area contributed by atoms with Crippen molar-refractivity contribution in [3.63, 3.8) is 0 Å². The summed E-state index contributed by atoms with van der Waals surface area (Å²) in [5.74, 6) is 0.726. The summed E-state index contributed by atoms with van der Waals surface area (Å²) in [6.45, 7) is 2.84. The number of rotatable bonds is 3. The van der Waals surface area contributed by atoms with Crippen LogP contribution in [-0.2, 0) is 6.54 Å². The lowest BCUT2D eigenvalue weighted by Gasteiger charge is -2.15. The number of methoxy groups -OCH3 is 1. The smallest absolute Gasteiger partial charge is 0.190 e. The van der Waals surface area contributed by atoms with Gasteiger partial charge in [-0.3, -0.25) is 4.79 Å². The van der Waals surface area contributed by atoms with Crippen molar-refractivity contribution < 1.29 is 4.74 Å². The third-order valence-electron chi connectivity index (χ3n) is 3.73. The van der Waals surface area contributed by atoms with Crippen molar-refractivity contribution in [3.8, 4) is 16.9 Å². The summed E-state index contributed by atoms with van der Waals surface area (Å²) in [5.41, 5.74) is 2.86. The van der Waals surface area contributed by atoms with Crippen molar-refractivity contribution in [1.82, 2.24) is 4.57 Å². The highest BCUT2D eigenvalue weighted by atomic mass is 16.5. The van der Waals surface area contributed by atoms with Gasteiger partial charge in [0.15, 0.2) is 5.43 Å². The van der Waals surface area contributed by atoms with Crippen LogP contribution in [0.1, 0.15) is 6.92 Å². The molecule has 3 aromatic rings. The second-order valence-corrected chi connectivity index (χ2v) is 4.87. The van der Waals surface area contributed by atoms with Gasteiger partial charge in [0.1, 0.15) is 5.75 Å². The molecule has 3 nitrogen and oxygen atoms in total. The predicted molar refractivity (Wildman–Crippen MR) is 85.9 cm³/mol. The second kappa shape index (κ2) is 5.44. The lowest BCUT2D eigenvalue weighted by atomic mass is 9.99. The van der Waals surface area contributed by atoms with E-state index in [1.165, 1.54) is 0 Å². The summed E-state index contributed by atoms with van der Waals surface area (Å²) in [5, 5.41) is 0.713. The predicted octanol–water partition coefficient (Wildman–Crippen LogP) is 3.70. The number of hydrogen-bond acceptors (Lipinski definition) is 2. The zero-order chi connectivity index (χ0) is 14.8. The van der Waals surface area contributed by atoms with Crippen LogP contribution in [0.5, 0.6) is 5.75 Å². The van der Waals surface area contributed by atoms with Gasteiger partial charge in [-0.25, -0.2) is 0 Å². The minimum Gasteiger partial charge on any atom is -0.495 e. The molecule has 0 saturated heterocycles. The van der Waals surface area contributed by atoms with Crippen LogP contribution in [-0.4, -0.2) is 11.7 Å². The number of aromatic nitrogens is 1. The molecule has 21 heavy (non-hydrogen) atoms. The molecule has 0 fully saturated rings. The molecule has 0 aliphatic heterocycles. The summed E-state index contributed by atoms with van der Waals surface area (Å²) in [4.78, 5) is 12.4. The van der Waals surface area contributed by atoms with Crippen LogP contribution in [0.15, 0.2) is 59.5 Å². The van der Waals surface area contributed by atoms with Crippen molar-refractivity contribution >= 4 is 10.9 Å². The molecule has 106 valence electrons. The lowest BCUT2D eigenvalue weighted by Crippen LogP contribution is -2.09. The van der Waals surface area contributed by atoms with E-state index in [4.69, 9.17) is 4.74 Å². The average molecular weight is 279 g/mol. The molecule has 0 spiro atoms. The van der Waals surface area contributed by atoms with Crippen LogP contribution < -0.4 is 10.2 Å². The van der Waals surface area contributed by atoms with E-state index < -0.39 is 0 Å². The highest BCUT2D eigenvalue weighted by Crippen LogP contribution is 2.32. The molecule has 0 amide bonds. The summed E-state index contributed by atoms with van der Waals surface area (Å²) in [7, 11) is 1.63. The molecule has 2 aromatic carbocycles. The Labute approximate surface area is 123 Å². The van der Waals surface area contributed by atoms with E-state index >= 15 is 0 Å². The van der Waals surface area contributed by atoms with Crippen LogP contribution >= 0.6 is 0 Å². The normalized spacial score (nSPS) is 10.8. The van der Waals surface area contributed by atoms with E-state index in [0.29, 0.717) is 5.39 Å². The Bertz CT molecular complexity index is 825. The summed E-state index contributed by atoms with van der Waals surface area (Å²) >= 11 is 0. The van der Waals surface area contributed by atoms with Gasteiger partial charge >= 0.3 is 0 Å². The molecule has 3 rings (SSSR count). The SMILES string of the molecule is CCn1ccc(=O)c2c(-c3ccccc3)ccc(OC)c21. The molecule has 0 N–H and O–H groups in total. The van der Waals surface area contributed by atoms with E-state index in [9.17, 15) is 4.79 Å². The number of fused-ring (bicyclic) bond motifs is 1. The minimum absolute atomic E-state index is 0.0208. The Morgan fingerprint density at radius 2 is 1.81 bits per heavy atom. The first-order valence-corrected chi connectivity index (χ1v) is 7.02. The third kappa shape index (κ3) is 2.21. The maximum absolute atomic E-state index is 12.4. The zero-order valence-electron chi connectivity index (χ0n) is 12.2. The van der Waals surface area contributed by atoms with Crippen molar-refractivity contribution in [2.24, 2.45) is 0 Å². The van der Waals surface area contributed by atoms with Gasteiger partial charge < -0.3 is 9.30 Å². The third-order valence-corrected chi connectivity index (χ3v) is 3.73. The number of benzene rings is 2. The van der Waals surface area contributed by atoms with Gasteiger partial charge in [0, 0.05) is 18.8 Å². The quantitative estimate of drug-likeness (QED) is 0.732. The topological polar surface area (TPSA) is 31.2 Å². The van der Waals surface area contributed by atoms with Crippen LogP contribution in [0.25, 0.3) is 22.0 Å². The van der Waals surface area contributed by atoms with E-state index in [0.717, 1.165) is 28.9 Å². The summed E-state index contributed by atoms with van der Waals surface area (Å²) < 4.78 is 7.50. The van der Waals surface area contributed by atoms with Crippen LogP contribution in [0.4, 0.5) is 0 Å². The van der Waals surface area contributed by atoms with Crippen molar-refractivity contribution in [2.75, 3.05) is 7.11 Å². The average Bonchev–Trinajstić information content (AvgIpc) is 2.55. The Hall–Kier alpha value is -2.55. The Balaban J connectivity index is 2.46. The maximum atomic E-state index is 12.4. The summed E-state index contributed by atoms with van der Waals surface area (Å²) in [6.07, 6.45) is 1.82. The maximum Gasteiger partial charge on any atom is 0.190 e. The first-order chi connectivity index (χ1) is 10.3. The molecule has 1 aromatic heterocycles. The molecular weight excluding hydrogens is 262 g/mol. The van der Waals surface area contributed by atoms with Gasteiger partial charge in [-0.2, -0.15) is 0 Å². The van der Waals surface area contributed by atoms with E-state index in [-0.39, 0.29) is 5.43 Å². The molecule has 0 atom stereocenters. The summed E-state index contributed by atoms with van der Waals surface area (Å²) in [6, 6.07) is 15.5. The van der Waals surface area contributed by atoms with Gasteiger partial charge in [-0.15, -0.1) is 0 Å². The zero-order valence-corrected chi connectivity index (χ0v) is 12.2. The molecular formula is C18H17NO2.